The first kappa shape index (κ1) is 10.7. The second kappa shape index (κ2) is 4.37. The third kappa shape index (κ3) is 2.23. The van der Waals surface area contributed by atoms with Gasteiger partial charge in [-0.05, 0) is 30.4 Å². The zero-order valence-corrected chi connectivity index (χ0v) is 9.91. The van der Waals surface area contributed by atoms with Crippen molar-refractivity contribution < 1.29 is 9.59 Å². The SMILES string of the molecule is Cc1ccsc1C(=O)N[C@H]1CCSC1=O. The molecular formula is C10H11NO2S2. The average molecular weight is 241 g/mol. The quantitative estimate of drug-likeness (QED) is 0.859. The molecule has 80 valence electrons. The molecule has 1 atom stereocenters. The topological polar surface area (TPSA) is 46.2 Å². The van der Waals surface area contributed by atoms with Crippen LogP contribution in [0.2, 0.25) is 0 Å². The molecule has 1 aliphatic heterocycles. The second-order valence-electron chi connectivity index (χ2n) is 3.41. The minimum atomic E-state index is -0.288. The van der Waals surface area contributed by atoms with E-state index in [0.717, 1.165) is 17.7 Å². The lowest BCUT2D eigenvalue weighted by Gasteiger charge is -2.09. The van der Waals surface area contributed by atoms with Gasteiger partial charge in [0.05, 0.1) is 10.9 Å². The summed E-state index contributed by atoms with van der Waals surface area (Å²) in [5.41, 5.74) is 0.968. The van der Waals surface area contributed by atoms with Crippen molar-refractivity contribution in [3.63, 3.8) is 0 Å². The molecule has 1 aromatic heterocycles. The van der Waals surface area contributed by atoms with Gasteiger partial charge in [-0.25, -0.2) is 0 Å². The van der Waals surface area contributed by atoms with Gasteiger partial charge in [-0.15, -0.1) is 11.3 Å². The van der Waals surface area contributed by atoms with E-state index < -0.39 is 0 Å². The maximum atomic E-state index is 11.8. The summed E-state index contributed by atoms with van der Waals surface area (Å²) < 4.78 is 0. The van der Waals surface area contributed by atoms with Crippen molar-refractivity contribution >= 4 is 34.1 Å². The molecule has 0 bridgehead atoms. The van der Waals surface area contributed by atoms with Crippen LogP contribution >= 0.6 is 23.1 Å². The minimum Gasteiger partial charge on any atom is -0.341 e. The van der Waals surface area contributed by atoms with E-state index in [9.17, 15) is 9.59 Å². The van der Waals surface area contributed by atoms with Crippen molar-refractivity contribution in [2.24, 2.45) is 0 Å². The van der Waals surface area contributed by atoms with Crippen molar-refractivity contribution in [3.8, 4) is 0 Å². The van der Waals surface area contributed by atoms with Crippen LogP contribution in [0, 0.1) is 6.92 Å². The Bertz CT molecular complexity index is 400. The monoisotopic (exact) mass is 241 g/mol. The Morgan fingerprint density at radius 3 is 2.93 bits per heavy atom. The van der Waals surface area contributed by atoms with Gasteiger partial charge in [0.25, 0.3) is 5.91 Å². The summed E-state index contributed by atoms with van der Waals surface area (Å²) in [4.78, 5) is 23.8. The van der Waals surface area contributed by atoms with Crippen LogP contribution in [-0.2, 0) is 4.79 Å². The number of hydrogen-bond donors (Lipinski definition) is 1. The van der Waals surface area contributed by atoms with Crippen LogP contribution in [0.3, 0.4) is 0 Å². The molecule has 5 heteroatoms. The standard InChI is InChI=1S/C10H11NO2S2/c1-6-2-4-14-8(6)9(12)11-7-3-5-15-10(7)13/h2,4,7H,3,5H2,1H3,(H,11,12)/t7-/m0/s1. The van der Waals surface area contributed by atoms with Gasteiger partial charge in [-0.3, -0.25) is 9.59 Å². The van der Waals surface area contributed by atoms with Crippen LogP contribution in [-0.4, -0.2) is 22.8 Å². The predicted octanol–water partition coefficient (Wildman–Crippen LogP) is 1.82. The van der Waals surface area contributed by atoms with E-state index in [1.165, 1.54) is 23.1 Å². The molecule has 2 rings (SSSR count). The maximum absolute atomic E-state index is 11.8. The van der Waals surface area contributed by atoms with Crippen molar-refractivity contribution in [2.45, 2.75) is 19.4 Å². The van der Waals surface area contributed by atoms with E-state index in [0.29, 0.717) is 4.88 Å². The highest BCUT2D eigenvalue weighted by molar-refractivity contribution is 8.14. The smallest absolute Gasteiger partial charge is 0.262 e. The van der Waals surface area contributed by atoms with Crippen LogP contribution in [0.4, 0.5) is 0 Å². The van der Waals surface area contributed by atoms with Crippen molar-refractivity contribution in [2.75, 3.05) is 5.75 Å². The Hall–Kier alpha value is -0.810. The zero-order chi connectivity index (χ0) is 10.8. The summed E-state index contributed by atoms with van der Waals surface area (Å²) >= 11 is 2.71. The first-order valence-corrected chi connectivity index (χ1v) is 6.56. The van der Waals surface area contributed by atoms with Crippen molar-refractivity contribution in [1.82, 2.24) is 5.32 Å². The third-order valence-corrected chi connectivity index (χ3v) is 4.33. The molecular weight excluding hydrogens is 230 g/mol. The molecule has 0 radical (unpaired) electrons. The summed E-state index contributed by atoms with van der Waals surface area (Å²) in [6.45, 7) is 1.90. The summed E-state index contributed by atoms with van der Waals surface area (Å²) in [5.74, 6) is 0.691. The number of nitrogens with one attached hydrogen (secondary N) is 1. The van der Waals surface area contributed by atoms with Gasteiger partial charge in [-0.1, -0.05) is 11.8 Å². The van der Waals surface area contributed by atoms with Gasteiger partial charge in [-0.2, -0.15) is 0 Å². The largest absolute Gasteiger partial charge is 0.341 e. The molecule has 0 spiro atoms. The lowest BCUT2D eigenvalue weighted by atomic mass is 10.2. The van der Waals surface area contributed by atoms with E-state index in [2.05, 4.69) is 5.32 Å². The number of thioether (sulfide) groups is 1. The van der Waals surface area contributed by atoms with Gasteiger partial charge in [0.2, 0.25) is 5.12 Å². The van der Waals surface area contributed by atoms with Crippen LogP contribution in [0.25, 0.3) is 0 Å². The summed E-state index contributed by atoms with van der Waals surface area (Å²) in [5, 5.41) is 4.74. The van der Waals surface area contributed by atoms with Crippen molar-refractivity contribution in [1.29, 1.82) is 0 Å². The Morgan fingerprint density at radius 2 is 2.40 bits per heavy atom. The van der Waals surface area contributed by atoms with Gasteiger partial charge < -0.3 is 5.32 Å². The number of hydrogen-bond acceptors (Lipinski definition) is 4. The lowest BCUT2D eigenvalue weighted by molar-refractivity contribution is -0.112. The molecule has 1 fully saturated rings. The molecule has 0 aromatic carbocycles. The number of rotatable bonds is 2. The molecule has 3 nitrogen and oxygen atoms in total. The minimum absolute atomic E-state index is 0.0811. The summed E-state index contributed by atoms with van der Waals surface area (Å²) in [6.07, 6.45) is 0.750. The molecule has 0 saturated carbocycles. The molecule has 1 N–H and O–H groups in total. The van der Waals surface area contributed by atoms with Gasteiger partial charge in [0.15, 0.2) is 0 Å². The first-order chi connectivity index (χ1) is 7.18. The number of aryl methyl sites for hydroxylation is 1. The Morgan fingerprint density at radius 1 is 1.60 bits per heavy atom. The third-order valence-electron chi connectivity index (χ3n) is 2.31. The number of thiophene rings is 1. The molecule has 2 heterocycles. The Kier molecular flexibility index (Phi) is 3.11. The van der Waals surface area contributed by atoms with E-state index in [4.69, 9.17) is 0 Å². The molecule has 15 heavy (non-hydrogen) atoms. The fourth-order valence-corrected chi connectivity index (χ4v) is 3.22. The van der Waals surface area contributed by atoms with E-state index in [1.807, 2.05) is 18.4 Å². The lowest BCUT2D eigenvalue weighted by Crippen LogP contribution is -2.36. The van der Waals surface area contributed by atoms with Crippen LogP contribution in [0.1, 0.15) is 21.7 Å². The average Bonchev–Trinajstić information content (AvgIpc) is 2.76. The Labute approximate surface area is 96.3 Å². The van der Waals surface area contributed by atoms with Gasteiger partial charge in [0.1, 0.15) is 0 Å². The fraction of sp³-hybridized carbons (Fsp3) is 0.400. The molecule has 1 saturated heterocycles. The van der Waals surface area contributed by atoms with Crippen LogP contribution in [0.5, 0.6) is 0 Å². The van der Waals surface area contributed by atoms with Gasteiger partial charge >= 0.3 is 0 Å². The fourth-order valence-electron chi connectivity index (χ4n) is 1.46. The second-order valence-corrected chi connectivity index (χ2v) is 5.43. The molecule has 1 aromatic rings. The van der Waals surface area contributed by atoms with Crippen LogP contribution in [0.15, 0.2) is 11.4 Å². The van der Waals surface area contributed by atoms with E-state index in [1.54, 1.807) is 0 Å². The van der Waals surface area contributed by atoms with E-state index in [-0.39, 0.29) is 17.1 Å². The zero-order valence-electron chi connectivity index (χ0n) is 8.28. The first-order valence-electron chi connectivity index (χ1n) is 4.70. The Balaban J connectivity index is 2.04. The number of carbonyl (C=O) groups is 2. The highest BCUT2D eigenvalue weighted by atomic mass is 32.2. The number of amides is 1. The molecule has 1 aliphatic rings. The van der Waals surface area contributed by atoms with E-state index >= 15 is 0 Å². The van der Waals surface area contributed by atoms with Crippen LogP contribution < -0.4 is 5.32 Å². The number of carbonyl (C=O) groups excluding carboxylic acids is 2. The predicted molar refractivity (Wildman–Crippen MR) is 62.4 cm³/mol. The highest BCUT2D eigenvalue weighted by Crippen LogP contribution is 2.21. The highest BCUT2D eigenvalue weighted by Gasteiger charge is 2.27. The summed E-state index contributed by atoms with van der Waals surface area (Å²) in [7, 11) is 0. The molecule has 1 amide bonds. The van der Waals surface area contributed by atoms with Gasteiger partial charge in [0, 0.05) is 5.75 Å². The molecule has 0 aliphatic carbocycles. The summed E-state index contributed by atoms with van der Waals surface area (Å²) in [6, 6.07) is 1.62. The molecule has 0 unspecified atom stereocenters. The normalized spacial score (nSPS) is 20.6. The maximum Gasteiger partial charge on any atom is 0.262 e. The van der Waals surface area contributed by atoms with Crippen molar-refractivity contribution in [3.05, 3.63) is 21.9 Å².